The van der Waals surface area contributed by atoms with Gasteiger partial charge in [-0.3, -0.25) is 4.79 Å². The Morgan fingerprint density at radius 1 is 1.04 bits per heavy atom. The summed E-state index contributed by atoms with van der Waals surface area (Å²) < 4.78 is 41.5. The van der Waals surface area contributed by atoms with Gasteiger partial charge in [0.25, 0.3) is 0 Å². The van der Waals surface area contributed by atoms with Crippen LogP contribution in [0, 0.1) is 0 Å². The molecule has 1 N–H and O–H groups in total. The van der Waals surface area contributed by atoms with Gasteiger partial charge in [0.05, 0.1) is 10.5 Å². The van der Waals surface area contributed by atoms with Crippen LogP contribution in [0.3, 0.4) is 0 Å². The van der Waals surface area contributed by atoms with Gasteiger partial charge < -0.3 is 14.2 Å². The standard InChI is InChI=1S/C18H17NO7S/c1-2-19-27(22,23)14-6-3-12(4-7-14)18(21)24-10-15(20)13-5-8-16-17(9-13)26-11-25-16/h3-9,19H,2,10-11H2,1H3. The molecule has 0 unspecified atom stereocenters. The first kappa shape index (κ1) is 18.9. The average Bonchev–Trinajstić information content (AvgIpc) is 3.13. The van der Waals surface area contributed by atoms with Crippen molar-refractivity contribution < 1.29 is 32.2 Å². The van der Waals surface area contributed by atoms with E-state index in [0.717, 1.165) is 0 Å². The highest BCUT2D eigenvalue weighted by Crippen LogP contribution is 2.32. The fraction of sp³-hybridized carbons (Fsp3) is 0.222. The van der Waals surface area contributed by atoms with Gasteiger partial charge in [0.2, 0.25) is 16.8 Å². The fourth-order valence-electron chi connectivity index (χ4n) is 2.41. The van der Waals surface area contributed by atoms with Crippen LogP contribution in [0.5, 0.6) is 11.5 Å². The summed E-state index contributed by atoms with van der Waals surface area (Å²) in [6.45, 7) is 1.58. The second-order valence-electron chi connectivity index (χ2n) is 5.59. The van der Waals surface area contributed by atoms with Crippen molar-refractivity contribution >= 4 is 21.8 Å². The van der Waals surface area contributed by atoms with Gasteiger partial charge in [-0.1, -0.05) is 6.92 Å². The predicted octanol–water partition coefficient (Wildman–Crippen LogP) is 1.75. The first-order valence-corrected chi connectivity index (χ1v) is 9.59. The number of esters is 1. The van der Waals surface area contributed by atoms with Gasteiger partial charge in [-0.25, -0.2) is 17.9 Å². The monoisotopic (exact) mass is 391 g/mol. The maximum Gasteiger partial charge on any atom is 0.338 e. The minimum atomic E-state index is -3.60. The predicted molar refractivity (Wildman–Crippen MR) is 94.5 cm³/mol. The molecule has 0 fully saturated rings. The molecule has 0 bridgehead atoms. The van der Waals surface area contributed by atoms with Gasteiger partial charge in [-0.15, -0.1) is 0 Å². The molecule has 2 aromatic rings. The first-order valence-electron chi connectivity index (χ1n) is 8.10. The van der Waals surface area contributed by atoms with Gasteiger partial charge in [0, 0.05) is 12.1 Å². The number of ketones is 1. The largest absolute Gasteiger partial charge is 0.454 e. The highest BCUT2D eigenvalue weighted by Gasteiger charge is 2.18. The number of carbonyl (C=O) groups is 2. The van der Waals surface area contributed by atoms with Crippen LogP contribution in [-0.4, -0.2) is 40.1 Å². The zero-order valence-electron chi connectivity index (χ0n) is 14.4. The van der Waals surface area contributed by atoms with Gasteiger partial charge in [-0.2, -0.15) is 0 Å². The van der Waals surface area contributed by atoms with E-state index in [9.17, 15) is 18.0 Å². The number of fused-ring (bicyclic) bond motifs is 1. The Kier molecular flexibility index (Phi) is 5.43. The van der Waals surface area contributed by atoms with Crippen molar-refractivity contribution in [2.24, 2.45) is 0 Å². The van der Waals surface area contributed by atoms with E-state index in [1.54, 1.807) is 19.1 Å². The van der Waals surface area contributed by atoms with Crippen LogP contribution >= 0.6 is 0 Å². The number of nitrogens with one attached hydrogen (secondary N) is 1. The Morgan fingerprint density at radius 3 is 2.41 bits per heavy atom. The summed E-state index contributed by atoms with van der Waals surface area (Å²) in [6.07, 6.45) is 0. The fourth-order valence-corrected chi connectivity index (χ4v) is 3.45. The summed E-state index contributed by atoms with van der Waals surface area (Å²) in [7, 11) is -3.60. The molecule has 2 aromatic carbocycles. The lowest BCUT2D eigenvalue weighted by molar-refractivity contribution is 0.0474. The summed E-state index contributed by atoms with van der Waals surface area (Å²) in [5.74, 6) is -0.106. The molecule has 0 radical (unpaired) electrons. The molecular weight excluding hydrogens is 374 g/mol. The van der Waals surface area contributed by atoms with Gasteiger partial charge in [-0.05, 0) is 42.5 Å². The minimum Gasteiger partial charge on any atom is -0.454 e. The van der Waals surface area contributed by atoms with Crippen molar-refractivity contribution in [3.05, 3.63) is 53.6 Å². The van der Waals surface area contributed by atoms with Crippen molar-refractivity contribution in [3.63, 3.8) is 0 Å². The summed E-state index contributed by atoms with van der Waals surface area (Å²) >= 11 is 0. The van der Waals surface area contributed by atoms with Crippen molar-refractivity contribution in [1.82, 2.24) is 4.72 Å². The van der Waals surface area contributed by atoms with Crippen LogP contribution in [0.25, 0.3) is 0 Å². The lowest BCUT2D eigenvalue weighted by Crippen LogP contribution is -2.23. The molecule has 0 saturated carbocycles. The number of sulfonamides is 1. The first-order chi connectivity index (χ1) is 12.9. The molecule has 0 atom stereocenters. The van der Waals surface area contributed by atoms with Crippen LogP contribution in [0.2, 0.25) is 0 Å². The van der Waals surface area contributed by atoms with Crippen molar-refractivity contribution in [3.8, 4) is 11.5 Å². The molecule has 9 heteroatoms. The van der Waals surface area contributed by atoms with E-state index in [1.165, 1.54) is 30.3 Å². The molecule has 3 rings (SSSR count). The third-order valence-electron chi connectivity index (χ3n) is 3.76. The molecule has 142 valence electrons. The van der Waals surface area contributed by atoms with E-state index < -0.39 is 28.4 Å². The number of benzene rings is 2. The lowest BCUT2D eigenvalue weighted by atomic mass is 10.1. The second kappa shape index (κ2) is 7.77. The van der Waals surface area contributed by atoms with Gasteiger partial charge >= 0.3 is 5.97 Å². The number of ether oxygens (including phenoxy) is 3. The topological polar surface area (TPSA) is 108 Å². The van der Waals surface area contributed by atoms with E-state index in [0.29, 0.717) is 17.1 Å². The second-order valence-corrected chi connectivity index (χ2v) is 7.36. The number of hydrogen-bond acceptors (Lipinski definition) is 7. The summed E-state index contributed by atoms with van der Waals surface area (Å²) in [5, 5.41) is 0. The zero-order valence-corrected chi connectivity index (χ0v) is 15.2. The maximum absolute atomic E-state index is 12.2. The summed E-state index contributed by atoms with van der Waals surface area (Å²) in [4.78, 5) is 24.3. The third-order valence-corrected chi connectivity index (χ3v) is 5.33. The van der Waals surface area contributed by atoms with Crippen LogP contribution in [0.15, 0.2) is 47.4 Å². The highest BCUT2D eigenvalue weighted by atomic mass is 32.2. The summed E-state index contributed by atoms with van der Waals surface area (Å²) in [6, 6.07) is 9.96. The highest BCUT2D eigenvalue weighted by molar-refractivity contribution is 7.89. The third kappa shape index (κ3) is 4.26. The Labute approximate surface area is 156 Å². The van der Waals surface area contributed by atoms with E-state index >= 15 is 0 Å². The molecule has 27 heavy (non-hydrogen) atoms. The van der Waals surface area contributed by atoms with E-state index in [4.69, 9.17) is 14.2 Å². The Morgan fingerprint density at radius 2 is 1.70 bits per heavy atom. The molecule has 0 amide bonds. The molecule has 0 spiro atoms. The molecule has 1 aliphatic heterocycles. The molecule has 0 aromatic heterocycles. The average molecular weight is 391 g/mol. The van der Waals surface area contributed by atoms with Crippen LogP contribution in [0.4, 0.5) is 0 Å². The molecular formula is C18H17NO7S. The van der Waals surface area contributed by atoms with E-state index in [1.807, 2.05) is 0 Å². The van der Waals surface area contributed by atoms with E-state index in [2.05, 4.69) is 4.72 Å². The molecule has 0 aliphatic carbocycles. The SMILES string of the molecule is CCNS(=O)(=O)c1ccc(C(=O)OCC(=O)c2ccc3c(c2)OCO3)cc1. The number of hydrogen-bond donors (Lipinski definition) is 1. The van der Waals surface area contributed by atoms with Gasteiger partial charge in [0.15, 0.2) is 23.9 Å². The number of rotatable bonds is 7. The van der Waals surface area contributed by atoms with Crippen molar-refractivity contribution in [2.45, 2.75) is 11.8 Å². The lowest BCUT2D eigenvalue weighted by Gasteiger charge is -2.07. The molecule has 0 saturated heterocycles. The zero-order chi connectivity index (χ0) is 19.4. The van der Waals surface area contributed by atoms with Crippen molar-refractivity contribution in [2.75, 3.05) is 19.9 Å². The molecule has 1 aliphatic rings. The number of carbonyl (C=O) groups excluding carboxylic acids is 2. The molecule has 8 nitrogen and oxygen atoms in total. The van der Waals surface area contributed by atoms with Crippen LogP contribution in [-0.2, 0) is 14.8 Å². The van der Waals surface area contributed by atoms with Gasteiger partial charge in [0.1, 0.15) is 0 Å². The maximum atomic E-state index is 12.2. The van der Waals surface area contributed by atoms with E-state index in [-0.39, 0.29) is 23.8 Å². The minimum absolute atomic E-state index is 0.0392. The summed E-state index contributed by atoms with van der Waals surface area (Å²) in [5.41, 5.74) is 0.475. The van der Waals surface area contributed by atoms with Crippen LogP contribution < -0.4 is 14.2 Å². The van der Waals surface area contributed by atoms with Crippen LogP contribution in [0.1, 0.15) is 27.6 Å². The smallest absolute Gasteiger partial charge is 0.338 e. The normalized spacial score (nSPS) is 12.6. The van der Waals surface area contributed by atoms with Crippen molar-refractivity contribution in [1.29, 1.82) is 0 Å². The quantitative estimate of drug-likeness (QED) is 0.566. The Balaban J connectivity index is 1.61. The Bertz CT molecular complexity index is 968. The molecule has 1 heterocycles. The number of Topliss-reactive ketones (excluding diaryl/α,β-unsaturated/α-hetero) is 1. The Hall–Kier alpha value is -2.91.